The molecule has 31 heavy (non-hydrogen) atoms. The van der Waals surface area contributed by atoms with Crippen LogP contribution in [0.15, 0.2) is 65.6 Å². The molecule has 2 aromatic rings. The fourth-order valence-electron chi connectivity index (χ4n) is 3.70. The molecule has 1 heterocycles. The van der Waals surface area contributed by atoms with Gasteiger partial charge in [0.1, 0.15) is 17.6 Å². The lowest BCUT2D eigenvalue weighted by Crippen LogP contribution is -2.52. The first kappa shape index (κ1) is 24.2. The van der Waals surface area contributed by atoms with Crippen molar-refractivity contribution in [1.29, 1.82) is 0 Å². The predicted molar refractivity (Wildman–Crippen MR) is 123 cm³/mol. The van der Waals surface area contributed by atoms with Gasteiger partial charge in [-0.2, -0.15) is 0 Å². The van der Waals surface area contributed by atoms with E-state index < -0.39 is 23.9 Å². The zero-order valence-electron chi connectivity index (χ0n) is 18.6. The maximum Gasteiger partial charge on any atom is 0.184 e. The summed E-state index contributed by atoms with van der Waals surface area (Å²) in [7, 11) is 1.62. The van der Waals surface area contributed by atoms with Crippen LogP contribution in [0.4, 0.5) is 0 Å². The summed E-state index contributed by atoms with van der Waals surface area (Å²) in [4.78, 5) is 0.979. The van der Waals surface area contributed by atoms with Gasteiger partial charge in [-0.25, -0.2) is 0 Å². The number of aliphatic hydroxyl groups is 1. The summed E-state index contributed by atoms with van der Waals surface area (Å²) in [5.74, 6) is 0.0955. The summed E-state index contributed by atoms with van der Waals surface area (Å²) >= 11 is 1.37. The molecule has 0 spiro atoms. The van der Waals surface area contributed by atoms with E-state index >= 15 is 0 Å². The number of thioether (sulfide) groups is 1. The van der Waals surface area contributed by atoms with Gasteiger partial charge in [0.05, 0.1) is 12.7 Å². The van der Waals surface area contributed by atoms with Crippen LogP contribution in [0.1, 0.15) is 38.5 Å². The van der Waals surface area contributed by atoms with E-state index in [-0.39, 0.29) is 12.0 Å². The molecule has 3 rings (SSSR count). The van der Waals surface area contributed by atoms with Gasteiger partial charge in [0.2, 0.25) is 0 Å². The molecular weight excluding hydrogens is 412 g/mol. The van der Waals surface area contributed by atoms with Gasteiger partial charge in [-0.05, 0) is 18.6 Å². The normalized spacial score (nSPS) is 24.5. The standard InChI is InChI=1S/C25H34O5S/c1-4-5-16-28-22(23(27-3)24(26)31-20-14-10-7-11-15-20)21-18(2)17-29-25(30-21)19-12-8-6-9-13-19/h6-15,18,21-26H,4-5,16-17H2,1-3H3. The summed E-state index contributed by atoms with van der Waals surface area (Å²) in [6.45, 7) is 5.36. The molecule has 6 heteroatoms. The Kier molecular flexibility index (Phi) is 9.84. The van der Waals surface area contributed by atoms with Crippen molar-refractivity contribution in [2.24, 2.45) is 5.92 Å². The third kappa shape index (κ3) is 6.78. The number of methoxy groups -OCH3 is 1. The van der Waals surface area contributed by atoms with Crippen LogP contribution < -0.4 is 0 Å². The number of rotatable bonds is 11. The van der Waals surface area contributed by atoms with Crippen molar-refractivity contribution in [3.63, 3.8) is 0 Å². The lowest BCUT2D eigenvalue weighted by molar-refractivity contribution is -0.276. The van der Waals surface area contributed by atoms with Gasteiger partial charge in [-0.15, -0.1) is 0 Å². The van der Waals surface area contributed by atoms with Crippen molar-refractivity contribution < 1.29 is 24.1 Å². The SMILES string of the molecule is CCCCOC(C1OC(c2ccccc2)OCC1C)C(OC)C(O)Sc1ccccc1. The van der Waals surface area contributed by atoms with Crippen LogP contribution in [0.5, 0.6) is 0 Å². The monoisotopic (exact) mass is 446 g/mol. The van der Waals surface area contributed by atoms with E-state index in [2.05, 4.69) is 13.8 Å². The van der Waals surface area contributed by atoms with Crippen LogP contribution in [0.2, 0.25) is 0 Å². The van der Waals surface area contributed by atoms with Gasteiger partial charge in [0.25, 0.3) is 0 Å². The predicted octanol–water partition coefficient (Wildman–Crippen LogP) is 5.05. The zero-order valence-corrected chi connectivity index (χ0v) is 19.4. The minimum Gasteiger partial charge on any atom is -0.379 e. The van der Waals surface area contributed by atoms with E-state index in [0.29, 0.717) is 13.2 Å². The van der Waals surface area contributed by atoms with Crippen molar-refractivity contribution in [2.75, 3.05) is 20.3 Å². The minimum absolute atomic E-state index is 0.0955. The summed E-state index contributed by atoms with van der Waals surface area (Å²) in [5, 5.41) is 11.1. The summed E-state index contributed by atoms with van der Waals surface area (Å²) in [6.07, 6.45) is 0.261. The lowest BCUT2D eigenvalue weighted by atomic mass is 9.95. The second-order valence-electron chi connectivity index (χ2n) is 7.86. The van der Waals surface area contributed by atoms with Crippen LogP contribution in [0, 0.1) is 5.92 Å². The molecule has 1 N–H and O–H groups in total. The summed E-state index contributed by atoms with van der Waals surface area (Å²) < 4.78 is 24.5. The number of hydrogen-bond donors (Lipinski definition) is 1. The molecule has 6 unspecified atom stereocenters. The van der Waals surface area contributed by atoms with Crippen molar-refractivity contribution in [3.05, 3.63) is 66.2 Å². The second kappa shape index (κ2) is 12.6. The molecule has 1 aliphatic rings. The molecule has 2 aromatic carbocycles. The Morgan fingerprint density at radius 1 is 1.10 bits per heavy atom. The van der Waals surface area contributed by atoms with Gasteiger partial charge in [0, 0.05) is 30.1 Å². The average molecular weight is 447 g/mol. The number of aliphatic hydroxyl groups excluding tert-OH is 1. The van der Waals surface area contributed by atoms with E-state index in [4.69, 9.17) is 18.9 Å². The molecule has 0 saturated carbocycles. The van der Waals surface area contributed by atoms with Crippen molar-refractivity contribution >= 4 is 11.8 Å². The second-order valence-corrected chi connectivity index (χ2v) is 9.05. The molecule has 170 valence electrons. The molecule has 0 aromatic heterocycles. The Hall–Kier alpha value is -1.41. The third-order valence-corrected chi connectivity index (χ3v) is 6.49. The topological polar surface area (TPSA) is 57.2 Å². The fraction of sp³-hybridized carbons (Fsp3) is 0.520. The van der Waals surface area contributed by atoms with Crippen molar-refractivity contribution in [2.45, 2.75) is 61.6 Å². The quantitative estimate of drug-likeness (QED) is 0.296. The van der Waals surface area contributed by atoms with Gasteiger partial charge in [-0.3, -0.25) is 0 Å². The number of ether oxygens (including phenoxy) is 4. The zero-order chi connectivity index (χ0) is 22.1. The molecule has 6 atom stereocenters. The molecule has 0 aliphatic carbocycles. The molecule has 1 fully saturated rings. The van der Waals surface area contributed by atoms with E-state index in [1.54, 1.807) is 7.11 Å². The molecular formula is C25H34O5S. The lowest BCUT2D eigenvalue weighted by Gasteiger charge is -2.42. The first-order valence-electron chi connectivity index (χ1n) is 11.0. The number of benzene rings is 2. The molecule has 5 nitrogen and oxygen atoms in total. The fourth-order valence-corrected chi connectivity index (χ4v) is 4.69. The summed E-state index contributed by atoms with van der Waals surface area (Å²) in [6, 6.07) is 19.8. The van der Waals surface area contributed by atoms with Gasteiger partial charge < -0.3 is 24.1 Å². The highest BCUT2D eigenvalue weighted by Gasteiger charge is 2.43. The number of unbranched alkanes of at least 4 members (excludes halogenated alkanes) is 1. The Bertz CT molecular complexity index is 744. The van der Waals surface area contributed by atoms with E-state index in [1.807, 2.05) is 60.7 Å². The Morgan fingerprint density at radius 3 is 2.42 bits per heavy atom. The average Bonchev–Trinajstić information content (AvgIpc) is 2.80. The van der Waals surface area contributed by atoms with Crippen LogP contribution in [0.3, 0.4) is 0 Å². The van der Waals surface area contributed by atoms with Crippen molar-refractivity contribution in [1.82, 2.24) is 0 Å². The molecule has 0 amide bonds. The number of hydrogen-bond acceptors (Lipinski definition) is 6. The first-order valence-corrected chi connectivity index (χ1v) is 11.9. The maximum absolute atomic E-state index is 11.1. The smallest absolute Gasteiger partial charge is 0.184 e. The summed E-state index contributed by atoms with van der Waals surface area (Å²) in [5.41, 5.74) is 0.174. The largest absolute Gasteiger partial charge is 0.379 e. The molecule has 1 aliphatic heterocycles. The van der Waals surface area contributed by atoms with E-state index in [0.717, 1.165) is 23.3 Å². The van der Waals surface area contributed by atoms with Crippen LogP contribution in [-0.4, -0.2) is 49.2 Å². The Labute approximate surface area is 190 Å². The first-order chi connectivity index (χ1) is 15.1. The Morgan fingerprint density at radius 2 is 1.77 bits per heavy atom. The van der Waals surface area contributed by atoms with Gasteiger partial charge in [-0.1, -0.05) is 80.6 Å². The highest BCUT2D eigenvalue weighted by Crippen LogP contribution is 2.35. The van der Waals surface area contributed by atoms with E-state index in [9.17, 15) is 5.11 Å². The molecule has 1 saturated heterocycles. The maximum atomic E-state index is 11.1. The third-order valence-electron chi connectivity index (χ3n) is 5.43. The van der Waals surface area contributed by atoms with Gasteiger partial charge >= 0.3 is 0 Å². The highest BCUT2D eigenvalue weighted by atomic mass is 32.2. The molecule has 0 radical (unpaired) electrons. The molecule has 0 bridgehead atoms. The van der Waals surface area contributed by atoms with Crippen LogP contribution in [-0.2, 0) is 18.9 Å². The van der Waals surface area contributed by atoms with Crippen LogP contribution >= 0.6 is 11.8 Å². The van der Waals surface area contributed by atoms with E-state index in [1.165, 1.54) is 11.8 Å². The van der Waals surface area contributed by atoms with Gasteiger partial charge in [0.15, 0.2) is 6.29 Å². The highest BCUT2D eigenvalue weighted by molar-refractivity contribution is 7.99. The van der Waals surface area contributed by atoms with Crippen molar-refractivity contribution in [3.8, 4) is 0 Å². The minimum atomic E-state index is -0.798. The Balaban J connectivity index is 1.79. The van der Waals surface area contributed by atoms with Crippen LogP contribution in [0.25, 0.3) is 0 Å².